The van der Waals surface area contributed by atoms with Gasteiger partial charge >= 0.3 is 18.6 Å². The number of nitrogens with one attached hydrogen (secondary N) is 3. The van der Waals surface area contributed by atoms with Crippen LogP contribution in [-0.2, 0) is 14.3 Å². The molecule has 0 saturated carbocycles. The maximum absolute atomic E-state index is 12.3. The number of hydrogen-bond acceptors (Lipinski definition) is 6. The first-order valence-corrected chi connectivity index (χ1v) is 7.38. The number of imide groups is 1. The second-order valence-electron chi connectivity index (χ2n) is 4.63. The van der Waals surface area contributed by atoms with E-state index in [1.165, 1.54) is 24.3 Å². The van der Waals surface area contributed by atoms with Crippen molar-refractivity contribution in [2.45, 2.75) is 13.5 Å². The monoisotopic (exact) mass is 373 g/mol. The van der Waals surface area contributed by atoms with E-state index < -0.39 is 43.6 Å². The average Bonchev–Trinajstić information content (AvgIpc) is 2.58. The van der Waals surface area contributed by atoms with E-state index in [1.54, 1.807) is 6.92 Å². The molecule has 0 aliphatic rings. The van der Waals surface area contributed by atoms with Crippen molar-refractivity contribution in [3.05, 3.63) is 29.8 Å². The van der Waals surface area contributed by atoms with Gasteiger partial charge in [-0.15, -0.1) is 0 Å². The van der Waals surface area contributed by atoms with Gasteiger partial charge in [-0.05, 0) is 19.1 Å². The van der Waals surface area contributed by atoms with Gasteiger partial charge in [-0.3, -0.25) is 19.7 Å². The zero-order valence-electron chi connectivity index (χ0n) is 13.7. The predicted octanol–water partition coefficient (Wildman–Crippen LogP) is 0.407. The Kier molecular flexibility index (Phi) is 8.47. The molecule has 0 unspecified atom stereocenters. The fourth-order valence-corrected chi connectivity index (χ4v) is 1.67. The van der Waals surface area contributed by atoms with Gasteiger partial charge in [-0.25, -0.2) is 4.79 Å². The van der Waals surface area contributed by atoms with Crippen molar-refractivity contribution in [3.63, 3.8) is 0 Å². The Hall–Kier alpha value is -3.24. The second-order valence-corrected chi connectivity index (χ2v) is 4.63. The van der Waals surface area contributed by atoms with Crippen molar-refractivity contribution >= 4 is 23.8 Å². The molecule has 1 aromatic carbocycles. The lowest BCUT2D eigenvalue weighted by Gasteiger charge is -2.10. The van der Waals surface area contributed by atoms with Crippen molar-refractivity contribution in [1.82, 2.24) is 16.0 Å². The normalized spacial score (nSPS) is 10.0. The van der Waals surface area contributed by atoms with E-state index in [9.17, 15) is 28.0 Å². The van der Waals surface area contributed by atoms with Gasteiger partial charge in [-0.2, -0.15) is 8.78 Å². The van der Waals surface area contributed by atoms with Crippen molar-refractivity contribution in [2.75, 3.05) is 19.7 Å². The SMILES string of the molecule is CCNC(=O)NC(=O)COC(=O)CNC(=O)c1ccccc1OC(F)F. The van der Waals surface area contributed by atoms with Gasteiger partial charge in [0.15, 0.2) is 6.61 Å². The molecular formula is C15H17F2N3O6. The summed E-state index contributed by atoms with van der Waals surface area (Å²) in [7, 11) is 0. The largest absolute Gasteiger partial charge is 0.454 e. The highest BCUT2D eigenvalue weighted by atomic mass is 19.3. The van der Waals surface area contributed by atoms with E-state index in [-0.39, 0.29) is 11.3 Å². The maximum atomic E-state index is 12.3. The van der Waals surface area contributed by atoms with Gasteiger partial charge in [0.25, 0.3) is 11.8 Å². The molecule has 142 valence electrons. The van der Waals surface area contributed by atoms with Gasteiger partial charge in [0, 0.05) is 6.54 Å². The first kappa shape index (κ1) is 20.8. The molecule has 4 amide bonds. The maximum Gasteiger partial charge on any atom is 0.387 e. The Bertz CT molecular complexity index is 669. The minimum Gasteiger partial charge on any atom is -0.454 e. The molecular weight excluding hydrogens is 356 g/mol. The first-order valence-electron chi connectivity index (χ1n) is 7.38. The minimum atomic E-state index is -3.11. The van der Waals surface area contributed by atoms with Crippen LogP contribution in [0.25, 0.3) is 0 Å². The molecule has 0 bridgehead atoms. The highest BCUT2D eigenvalue weighted by Crippen LogP contribution is 2.19. The number of carbonyl (C=O) groups excluding carboxylic acids is 4. The summed E-state index contributed by atoms with van der Waals surface area (Å²) in [6.45, 7) is -2.50. The molecule has 0 aromatic heterocycles. The lowest BCUT2D eigenvalue weighted by atomic mass is 10.2. The fourth-order valence-electron chi connectivity index (χ4n) is 1.67. The van der Waals surface area contributed by atoms with Gasteiger partial charge in [0.05, 0.1) is 5.56 Å². The van der Waals surface area contributed by atoms with E-state index in [4.69, 9.17) is 0 Å². The van der Waals surface area contributed by atoms with Crippen LogP contribution in [0.15, 0.2) is 24.3 Å². The number of ether oxygens (including phenoxy) is 2. The van der Waals surface area contributed by atoms with Crippen LogP contribution in [0.1, 0.15) is 17.3 Å². The topological polar surface area (TPSA) is 123 Å². The van der Waals surface area contributed by atoms with Gasteiger partial charge in [-0.1, -0.05) is 12.1 Å². The Balaban J connectivity index is 2.44. The van der Waals surface area contributed by atoms with Crippen LogP contribution < -0.4 is 20.7 Å². The van der Waals surface area contributed by atoms with E-state index in [1.807, 2.05) is 5.32 Å². The number of para-hydroxylation sites is 1. The Morgan fingerprint density at radius 1 is 1.12 bits per heavy atom. The molecule has 0 spiro atoms. The van der Waals surface area contributed by atoms with E-state index in [2.05, 4.69) is 20.1 Å². The minimum absolute atomic E-state index is 0.199. The number of amides is 4. The quantitative estimate of drug-likeness (QED) is 0.567. The number of alkyl halides is 2. The van der Waals surface area contributed by atoms with Crippen LogP contribution >= 0.6 is 0 Å². The zero-order valence-corrected chi connectivity index (χ0v) is 13.7. The van der Waals surface area contributed by atoms with Crippen molar-refractivity contribution < 1.29 is 37.4 Å². The number of urea groups is 1. The van der Waals surface area contributed by atoms with Crippen LogP contribution in [0.4, 0.5) is 13.6 Å². The summed E-state index contributed by atoms with van der Waals surface area (Å²) in [4.78, 5) is 45.8. The van der Waals surface area contributed by atoms with Gasteiger partial charge in [0.1, 0.15) is 12.3 Å². The zero-order chi connectivity index (χ0) is 19.5. The molecule has 9 nitrogen and oxygen atoms in total. The summed E-state index contributed by atoms with van der Waals surface area (Å²) in [5.41, 5.74) is -0.199. The summed E-state index contributed by atoms with van der Waals surface area (Å²) in [6.07, 6.45) is 0. The molecule has 0 heterocycles. The second kappa shape index (κ2) is 10.6. The van der Waals surface area contributed by atoms with Crippen LogP contribution in [-0.4, -0.2) is 50.1 Å². The number of hydrogen-bond donors (Lipinski definition) is 3. The van der Waals surface area contributed by atoms with Crippen LogP contribution in [0.3, 0.4) is 0 Å². The first-order chi connectivity index (χ1) is 12.3. The summed E-state index contributed by atoms with van der Waals surface area (Å²) >= 11 is 0. The van der Waals surface area contributed by atoms with E-state index >= 15 is 0 Å². The molecule has 0 atom stereocenters. The number of rotatable bonds is 8. The third kappa shape index (κ3) is 7.55. The smallest absolute Gasteiger partial charge is 0.387 e. The molecule has 0 radical (unpaired) electrons. The average molecular weight is 373 g/mol. The molecule has 11 heteroatoms. The van der Waals surface area contributed by atoms with Crippen LogP contribution in [0.5, 0.6) is 5.75 Å². The molecule has 0 fully saturated rings. The Morgan fingerprint density at radius 2 is 1.81 bits per heavy atom. The third-order valence-electron chi connectivity index (χ3n) is 2.70. The number of esters is 1. The molecule has 0 aliphatic heterocycles. The van der Waals surface area contributed by atoms with Gasteiger partial charge in [0.2, 0.25) is 0 Å². The van der Waals surface area contributed by atoms with Gasteiger partial charge < -0.3 is 20.1 Å². The third-order valence-corrected chi connectivity index (χ3v) is 2.70. The lowest BCUT2D eigenvalue weighted by molar-refractivity contribution is -0.147. The molecule has 3 N–H and O–H groups in total. The van der Waals surface area contributed by atoms with Crippen molar-refractivity contribution in [3.8, 4) is 5.75 Å². The summed E-state index contributed by atoms with van der Waals surface area (Å²) in [5.74, 6) is -3.01. The van der Waals surface area contributed by atoms with Crippen molar-refractivity contribution in [1.29, 1.82) is 0 Å². The van der Waals surface area contributed by atoms with E-state index in [0.717, 1.165) is 0 Å². The molecule has 26 heavy (non-hydrogen) atoms. The predicted molar refractivity (Wildman–Crippen MR) is 83.6 cm³/mol. The van der Waals surface area contributed by atoms with E-state index in [0.29, 0.717) is 6.54 Å². The number of carbonyl (C=O) groups is 4. The van der Waals surface area contributed by atoms with Crippen molar-refractivity contribution in [2.24, 2.45) is 0 Å². The number of halogens is 2. The molecule has 0 aliphatic carbocycles. The van der Waals surface area contributed by atoms with Crippen LogP contribution in [0.2, 0.25) is 0 Å². The highest BCUT2D eigenvalue weighted by molar-refractivity contribution is 5.98. The molecule has 1 rings (SSSR count). The molecule has 1 aromatic rings. The Morgan fingerprint density at radius 3 is 2.46 bits per heavy atom. The summed E-state index contributed by atoms with van der Waals surface area (Å²) in [5, 5.41) is 6.37. The highest BCUT2D eigenvalue weighted by Gasteiger charge is 2.17. The summed E-state index contributed by atoms with van der Waals surface area (Å²) < 4.78 is 33.4. The lowest BCUT2D eigenvalue weighted by Crippen LogP contribution is -2.41. The van der Waals surface area contributed by atoms with Crippen LogP contribution in [0, 0.1) is 0 Å². The number of benzene rings is 1. The Labute approximate surface area is 147 Å². The summed E-state index contributed by atoms with van der Waals surface area (Å²) in [6, 6.07) is 4.49. The molecule has 0 saturated heterocycles. The standard InChI is InChI=1S/C15H17F2N3O6/c1-2-18-15(24)20-11(21)8-25-12(22)7-19-13(23)9-5-3-4-6-10(9)26-14(16)17/h3-6,14H,2,7-8H2,1H3,(H,19,23)(H2,18,20,21,24). The fraction of sp³-hybridized carbons (Fsp3) is 0.333.